The Morgan fingerprint density at radius 1 is 1.15 bits per heavy atom. The van der Waals surface area contributed by atoms with Gasteiger partial charge in [-0.1, -0.05) is 18.0 Å². The van der Waals surface area contributed by atoms with E-state index in [1.54, 1.807) is 0 Å². The Labute approximate surface area is 122 Å². The molecule has 1 aromatic heterocycles. The van der Waals surface area contributed by atoms with Gasteiger partial charge in [0.2, 0.25) is 0 Å². The molecule has 0 amide bonds. The molecule has 2 aliphatic heterocycles. The summed E-state index contributed by atoms with van der Waals surface area (Å²) in [5.74, 6) is 1.01. The van der Waals surface area contributed by atoms with Gasteiger partial charge < -0.3 is 4.52 Å². The smallest absolute Gasteiger partial charge is 0.150 e. The second-order valence-electron chi connectivity index (χ2n) is 6.42. The topological polar surface area (TPSA) is 32.5 Å². The van der Waals surface area contributed by atoms with E-state index in [2.05, 4.69) is 21.0 Å². The van der Waals surface area contributed by atoms with Crippen LogP contribution in [0.4, 0.5) is 0 Å². The van der Waals surface area contributed by atoms with Gasteiger partial charge in [0, 0.05) is 18.7 Å². The summed E-state index contributed by atoms with van der Waals surface area (Å²) < 4.78 is 5.36. The van der Waals surface area contributed by atoms with Gasteiger partial charge in [-0.15, -0.1) is 0 Å². The SMILES string of the molecule is Cc1cc(CN2CCC[C@@H](N3CCCCCC3)C2)on1. The number of hydrogen-bond donors (Lipinski definition) is 0. The molecule has 20 heavy (non-hydrogen) atoms. The molecule has 112 valence electrons. The quantitative estimate of drug-likeness (QED) is 0.850. The summed E-state index contributed by atoms with van der Waals surface area (Å²) in [6.45, 7) is 7.91. The zero-order chi connectivity index (χ0) is 13.8. The van der Waals surface area contributed by atoms with Crippen LogP contribution in [-0.2, 0) is 6.54 Å². The first kappa shape index (κ1) is 14.1. The van der Waals surface area contributed by atoms with Crippen LogP contribution in [0.5, 0.6) is 0 Å². The highest BCUT2D eigenvalue weighted by molar-refractivity contribution is 5.03. The van der Waals surface area contributed by atoms with Gasteiger partial charge in [-0.05, 0) is 52.2 Å². The highest BCUT2D eigenvalue weighted by Crippen LogP contribution is 2.21. The van der Waals surface area contributed by atoms with Crippen molar-refractivity contribution in [1.82, 2.24) is 15.0 Å². The van der Waals surface area contributed by atoms with Crippen LogP contribution in [0.25, 0.3) is 0 Å². The predicted molar refractivity (Wildman–Crippen MR) is 79.6 cm³/mol. The first-order chi connectivity index (χ1) is 9.81. The lowest BCUT2D eigenvalue weighted by atomic mass is 10.0. The summed E-state index contributed by atoms with van der Waals surface area (Å²) in [7, 11) is 0. The molecule has 0 aliphatic carbocycles. The van der Waals surface area contributed by atoms with Crippen LogP contribution in [0.2, 0.25) is 0 Å². The Bertz CT molecular complexity index is 410. The Morgan fingerprint density at radius 3 is 2.65 bits per heavy atom. The molecule has 2 aliphatic rings. The molecule has 2 saturated heterocycles. The van der Waals surface area contributed by atoms with Gasteiger partial charge in [-0.2, -0.15) is 0 Å². The first-order valence-corrected chi connectivity index (χ1v) is 8.20. The van der Waals surface area contributed by atoms with E-state index < -0.39 is 0 Å². The van der Waals surface area contributed by atoms with Crippen molar-refractivity contribution < 1.29 is 4.52 Å². The normalized spacial score (nSPS) is 26.6. The second-order valence-corrected chi connectivity index (χ2v) is 6.42. The van der Waals surface area contributed by atoms with Crippen LogP contribution in [0, 0.1) is 6.92 Å². The van der Waals surface area contributed by atoms with Crippen LogP contribution in [0.15, 0.2) is 10.6 Å². The van der Waals surface area contributed by atoms with Gasteiger partial charge in [0.15, 0.2) is 5.76 Å². The van der Waals surface area contributed by atoms with Crippen LogP contribution in [0.1, 0.15) is 50.0 Å². The fraction of sp³-hybridized carbons (Fsp3) is 0.812. The predicted octanol–water partition coefficient (Wildman–Crippen LogP) is 2.82. The first-order valence-electron chi connectivity index (χ1n) is 8.20. The monoisotopic (exact) mass is 277 g/mol. The number of nitrogens with zero attached hydrogens (tertiary/aromatic N) is 3. The van der Waals surface area contributed by atoms with Crippen molar-refractivity contribution in [3.8, 4) is 0 Å². The lowest BCUT2D eigenvalue weighted by Crippen LogP contribution is -2.47. The fourth-order valence-electron chi connectivity index (χ4n) is 3.64. The third-order valence-electron chi connectivity index (χ3n) is 4.69. The highest BCUT2D eigenvalue weighted by atomic mass is 16.5. The number of aryl methyl sites for hydroxylation is 1. The summed E-state index contributed by atoms with van der Waals surface area (Å²) >= 11 is 0. The zero-order valence-electron chi connectivity index (χ0n) is 12.7. The van der Waals surface area contributed by atoms with Crippen molar-refractivity contribution in [2.24, 2.45) is 0 Å². The molecule has 1 atom stereocenters. The Kier molecular flexibility index (Phi) is 4.73. The minimum Gasteiger partial charge on any atom is -0.360 e. The Hall–Kier alpha value is -0.870. The van der Waals surface area contributed by atoms with E-state index in [1.807, 2.05) is 6.92 Å². The van der Waals surface area contributed by atoms with Crippen molar-refractivity contribution in [3.63, 3.8) is 0 Å². The minimum atomic E-state index is 0.755. The number of likely N-dealkylation sites (tertiary alicyclic amines) is 2. The molecule has 0 aromatic carbocycles. The minimum absolute atomic E-state index is 0.755. The number of hydrogen-bond acceptors (Lipinski definition) is 4. The molecule has 4 heteroatoms. The van der Waals surface area contributed by atoms with Crippen LogP contribution in [0.3, 0.4) is 0 Å². The molecule has 0 radical (unpaired) electrons. The molecule has 0 bridgehead atoms. The van der Waals surface area contributed by atoms with E-state index >= 15 is 0 Å². The molecular formula is C16H27N3O. The third-order valence-corrected chi connectivity index (χ3v) is 4.69. The summed E-state index contributed by atoms with van der Waals surface area (Å²) in [6.07, 6.45) is 8.30. The highest BCUT2D eigenvalue weighted by Gasteiger charge is 2.26. The maximum atomic E-state index is 5.36. The standard InChI is InChI=1S/C16H27N3O/c1-14-11-16(20-17-14)13-18-8-6-7-15(12-18)19-9-4-2-3-5-10-19/h11,15H,2-10,12-13H2,1H3/t15-/m1/s1. The van der Waals surface area contributed by atoms with E-state index in [4.69, 9.17) is 4.52 Å². The van der Waals surface area contributed by atoms with E-state index in [0.29, 0.717) is 0 Å². The van der Waals surface area contributed by atoms with E-state index in [0.717, 1.165) is 24.0 Å². The van der Waals surface area contributed by atoms with Crippen molar-refractivity contribution in [2.45, 2.75) is 58.0 Å². The average molecular weight is 277 g/mol. The Morgan fingerprint density at radius 2 is 1.95 bits per heavy atom. The summed E-state index contributed by atoms with van der Waals surface area (Å²) in [5, 5.41) is 3.99. The second kappa shape index (κ2) is 6.72. The molecule has 0 spiro atoms. The zero-order valence-corrected chi connectivity index (χ0v) is 12.7. The van der Waals surface area contributed by atoms with Crippen LogP contribution < -0.4 is 0 Å². The molecule has 2 fully saturated rings. The van der Waals surface area contributed by atoms with E-state index in [9.17, 15) is 0 Å². The summed E-state index contributed by atoms with van der Waals surface area (Å²) in [5.41, 5.74) is 0.987. The average Bonchev–Trinajstić information content (AvgIpc) is 2.71. The van der Waals surface area contributed by atoms with Gasteiger partial charge in [0.25, 0.3) is 0 Å². The maximum Gasteiger partial charge on any atom is 0.150 e. The van der Waals surface area contributed by atoms with Crippen molar-refractivity contribution >= 4 is 0 Å². The number of aromatic nitrogens is 1. The van der Waals surface area contributed by atoms with Gasteiger partial charge in [-0.3, -0.25) is 9.80 Å². The van der Waals surface area contributed by atoms with E-state index in [-0.39, 0.29) is 0 Å². The van der Waals surface area contributed by atoms with Crippen molar-refractivity contribution in [1.29, 1.82) is 0 Å². The van der Waals surface area contributed by atoms with Gasteiger partial charge in [0.05, 0.1) is 12.2 Å². The van der Waals surface area contributed by atoms with Crippen molar-refractivity contribution in [2.75, 3.05) is 26.2 Å². The number of rotatable bonds is 3. The molecule has 3 heterocycles. The summed E-state index contributed by atoms with van der Waals surface area (Å²) in [4.78, 5) is 5.28. The van der Waals surface area contributed by atoms with Crippen LogP contribution in [-0.4, -0.2) is 47.2 Å². The maximum absolute atomic E-state index is 5.36. The molecule has 4 nitrogen and oxygen atoms in total. The van der Waals surface area contributed by atoms with Crippen LogP contribution >= 0.6 is 0 Å². The largest absolute Gasteiger partial charge is 0.360 e. The third kappa shape index (κ3) is 3.61. The number of piperidine rings is 1. The molecule has 1 aromatic rings. The lowest BCUT2D eigenvalue weighted by Gasteiger charge is -2.38. The Balaban J connectivity index is 1.55. The fourth-order valence-corrected chi connectivity index (χ4v) is 3.64. The molecule has 3 rings (SSSR count). The summed E-state index contributed by atoms with van der Waals surface area (Å²) in [6, 6.07) is 2.82. The molecule has 0 unspecified atom stereocenters. The van der Waals surface area contributed by atoms with E-state index in [1.165, 1.54) is 64.7 Å². The van der Waals surface area contributed by atoms with Gasteiger partial charge in [0.1, 0.15) is 0 Å². The van der Waals surface area contributed by atoms with Gasteiger partial charge >= 0.3 is 0 Å². The molecular weight excluding hydrogens is 250 g/mol. The van der Waals surface area contributed by atoms with Crippen molar-refractivity contribution in [3.05, 3.63) is 17.5 Å². The molecule has 0 saturated carbocycles. The van der Waals surface area contributed by atoms with Gasteiger partial charge in [-0.25, -0.2) is 0 Å². The lowest BCUT2D eigenvalue weighted by molar-refractivity contribution is 0.0898. The molecule has 0 N–H and O–H groups in total.